The van der Waals surface area contributed by atoms with Crippen LogP contribution in [0.15, 0.2) is 91.0 Å². The number of nitrogens with zero attached hydrogens (tertiary/aromatic N) is 1. The molecule has 1 heteroatoms. The molecule has 0 atom stereocenters. The van der Waals surface area contributed by atoms with E-state index >= 15 is 0 Å². The van der Waals surface area contributed by atoms with Gasteiger partial charge in [-0.1, -0.05) is 84.9 Å². The molecular formula is C23H22N+. The fourth-order valence-electron chi connectivity index (χ4n) is 2.67. The van der Waals surface area contributed by atoms with Gasteiger partial charge >= 0.3 is 0 Å². The largest absolute Gasteiger partial charge is 0.241 e. The molecule has 0 aromatic heterocycles. The second kappa shape index (κ2) is 7.56. The minimum atomic E-state index is 1.22. The van der Waals surface area contributed by atoms with Gasteiger partial charge in [-0.05, 0) is 27.8 Å². The summed E-state index contributed by atoms with van der Waals surface area (Å²) >= 11 is 0. The van der Waals surface area contributed by atoms with Crippen molar-refractivity contribution in [2.24, 2.45) is 0 Å². The lowest BCUT2D eigenvalue weighted by Gasteiger charge is -2.09. The van der Waals surface area contributed by atoms with Crippen molar-refractivity contribution in [3.63, 3.8) is 0 Å². The molecule has 0 bridgehead atoms. The first-order chi connectivity index (χ1) is 11.7. The van der Waals surface area contributed by atoms with Gasteiger partial charge in [0.1, 0.15) is 14.1 Å². The van der Waals surface area contributed by atoms with Gasteiger partial charge < -0.3 is 0 Å². The zero-order valence-electron chi connectivity index (χ0n) is 14.2. The Balaban J connectivity index is 2.00. The van der Waals surface area contributed by atoms with Crippen LogP contribution in [0.4, 0.5) is 0 Å². The van der Waals surface area contributed by atoms with E-state index in [1.54, 1.807) is 0 Å². The van der Waals surface area contributed by atoms with Crippen molar-refractivity contribution in [2.75, 3.05) is 14.1 Å². The fraction of sp³-hybridized carbons (Fsp3) is 0.0870. The zero-order chi connectivity index (χ0) is 16.8. The van der Waals surface area contributed by atoms with Crippen molar-refractivity contribution in [3.05, 3.63) is 102 Å². The quantitative estimate of drug-likeness (QED) is 0.464. The van der Waals surface area contributed by atoms with Gasteiger partial charge in [0.2, 0.25) is 0 Å². The van der Waals surface area contributed by atoms with Crippen LogP contribution >= 0.6 is 0 Å². The monoisotopic (exact) mass is 312 g/mol. The first-order valence-corrected chi connectivity index (χ1v) is 8.17. The number of hydrogen-bond donors (Lipinski definition) is 0. The Hall–Kier alpha value is -2.93. The Morgan fingerprint density at radius 2 is 1.12 bits per heavy atom. The third-order valence-electron chi connectivity index (χ3n) is 3.93. The third kappa shape index (κ3) is 3.88. The van der Waals surface area contributed by atoms with Gasteiger partial charge in [-0.3, -0.25) is 0 Å². The van der Waals surface area contributed by atoms with E-state index in [4.69, 9.17) is 0 Å². The molecule has 118 valence electrons. The molecule has 24 heavy (non-hydrogen) atoms. The molecule has 1 nitrogen and oxygen atoms in total. The van der Waals surface area contributed by atoms with E-state index in [0.717, 1.165) is 0 Å². The van der Waals surface area contributed by atoms with Crippen LogP contribution in [0.1, 0.15) is 11.1 Å². The van der Waals surface area contributed by atoms with Crippen molar-refractivity contribution < 1.29 is 4.58 Å². The Labute approximate surface area is 144 Å². The smallest absolute Gasteiger partial charge is 0.163 e. The molecule has 0 fully saturated rings. The van der Waals surface area contributed by atoms with Gasteiger partial charge in [-0.2, -0.15) is 0 Å². The molecule has 0 saturated heterocycles. The molecule has 0 aliphatic rings. The summed E-state index contributed by atoms with van der Waals surface area (Å²) in [5.74, 6) is 0. The van der Waals surface area contributed by atoms with E-state index in [1.807, 2.05) is 20.2 Å². The third-order valence-corrected chi connectivity index (χ3v) is 3.93. The lowest BCUT2D eigenvalue weighted by Crippen LogP contribution is -1.97. The minimum absolute atomic E-state index is 1.22. The molecule has 3 rings (SSSR count). The first kappa shape index (κ1) is 15.9. The molecule has 3 aromatic carbocycles. The SMILES string of the molecule is C[N+](C)=C/C=C(\c1ccccc1)c1ccc(-c2ccccc2)cc1. The maximum Gasteiger partial charge on any atom is 0.163 e. The highest BCUT2D eigenvalue weighted by Crippen LogP contribution is 2.26. The maximum absolute atomic E-state index is 2.20. The van der Waals surface area contributed by atoms with Crippen LogP contribution in [-0.2, 0) is 0 Å². The van der Waals surface area contributed by atoms with Gasteiger partial charge in [-0.25, -0.2) is 4.58 Å². The van der Waals surface area contributed by atoms with Crippen molar-refractivity contribution >= 4 is 11.8 Å². The van der Waals surface area contributed by atoms with E-state index in [0.29, 0.717) is 0 Å². The maximum atomic E-state index is 2.20. The molecule has 0 aliphatic heterocycles. The summed E-state index contributed by atoms with van der Waals surface area (Å²) in [5.41, 5.74) is 6.16. The van der Waals surface area contributed by atoms with E-state index in [2.05, 4.69) is 95.7 Å². The summed E-state index contributed by atoms with van der Waals surface area (Å²) in [4.78, 5) is 0. The van der Waals surface area contributed by atoms with Crippen LogP contribution < -0.4 is 0 Å². The summed E-state index contributed by atoms with van der Waals surface area (Å²) in [6.07, 6.45) is 4.26. The van der Waals surface area contributed by atoms with E-state index in [9.17, 15) is 0 Å². The first-order valence-electron chi connectivity index (χ1n) is 8.17. The van der Waals surface area contributed by atoms with Gasteiger partial charge in [-0.15, -0.1) is 0 Å². The summed E-state index contributed by atoms with van der Waals surface area (Å²) in [6.45, 7) is 0. The molecule has 0 aliphatic carbocycles. The zero-order valence-corrected chi connectivity index (χ0v) is 14.2. The van der Waals surface area contributed by atoms with Crippen LogP contribution in [0.5, 0.6) is 0 Å². The summed E-state index contributed by atoms with van der Waals surface area (Å²) in [7, 11) is 4.08. The second-order valence-corrected chi connectivity index (χ2v) is 6.00. The molecule has 0 radical (unpaired) electrons. The molecule has 0 amide bonds. The number of benzene rings is 3. The molecule has 0 unspecified atom stereocenters. The molecule has 0 saturated carbocycles. The van der Waals surface area contributed by atoms with Gasteiger partial charge in [0.15, 0.2) is 6.21 Å². The van der Waals surface area contributed by atoms with Gasteiger partial charge in [0.25, 0.3) is 0 Å². The standard InChI is InChI=1S/C23H22N/c1-24(2)18-17-23(21-11-7-4-8-12-21)22-15-13-20(14-16-22)19-9-5-3-6-10-19/h3-18H,1-2H3/q+1/b23-17+. The second-order valence-electron chi connectivity index (χ2n) is 6.00. The molecular weight excluding hydrogens is 290 g/mol. The van der Waals surface area contributed by atoms with Crippen LogP contribution in [0.25, 0.3) is 16.7 Å². The number of allylic oxidation sites excluding steroid dienone is 1. The lowest BCUT2D eigenvalue weighted by molar-refractivity contribution is -0.458. The topological polar surface area (TPSA) is 3.01 Å². The van der Waals surface area contributed by atoms with Crippen molar-refractivity contribution in [2.45, 2.75) is 0 Å². The molecule has 0 spiro atoms. The van der Waals surface area contributed by atoms with Crippen molar-refractivity contribution in [1.82, 2.24) is 0 Å². The van der Waals surface area contributed by atoms with Crippen LogP contribution in [0.3, 0.4) is 0 Å². The predicted octanol–water partition coefficient (Wildman–Crippen LogP) is 5.13. The average molecular weight is 312 g/mol. The van der Waals surface area contributed by atoms with E-state index in [-0.39, 0.29) is 0 Å². The Morgan fingerprint density at radius 3 is 1.71 bits per heavy atom. The van der Waals surface area contributed by atoms with Crippen LogP contribution in [0, 0.1) is 0 Å². The summed E-state index contributed by atoms with van der Waals surface area (Å²) < 4.78 is 2.06. The van der Waals surface area contributed by atoms with Crippen LogP contribution in [-0.4, -0.2) is 24.9 Å². The van der Waals surface area contributed by atoms with Gasteiger partial charge in [0, 0.05) is 6.08 Å². The average Bonchev–Trinajstić information content (AvgIpc) is 2.64. The highest BCUT2D eigenvalue weighted by Gasteiger charge is 2.06. The molecule has 3 aromatic rings. The number of rotatable bonds is 4. The van der Waals surface area contributed by atoms with E-state index < -0.39 is 0 Å². The number of hydrogen-bond acceptors (Lipinski definition) is 0. The normalized spacial score (nSPS) is 11.2. The van der Waals surface area contributed by atoms with Crippen molar-refractivity contribution in [3.8, 4) is 11.1 Å². The van der Waals surface area contributed by atoms with Crippen LogP contribution in [0.2, 0.25) is 0 Å². The van der Waals surface area contributed by atoms with E-state index in [1.165, 1.54) is 27.8 Å². The Kier molecular flexibility index (Phi) is 5.02. The minimum Gasteiger partial charge on any atom is -0.241 e. The highest BCUT2D eigenvalue weighted by atomic mass is 14.9. The predicted molar refractivity (Wildman–Crippen MR) is 104 cm³/mol. The Bertz CT molecular complexity index is 838. The van der Waals surface area contributed by atoms with Gasteiger partial charge in [0.05, 0.1) is 0 Å². The lowest BCUT2D eigenvalue weighted by atomic mass is 9.95. The highest BCUT2D eigenvalue weighted by molar-refractivity contribution is 5.90. The summed E-state index contributed by atoms with van der Waals surface area (Å²) in [6, 6.07) is 29.8. The molecule has 0 heterocycles. The van der Waals surface area contributed by atoms with Crippen molar-refractivity contribution in [1.29, 1.82) is 0 Å². The molecule has 0 N–H and O–H groups in total. The fourth-order valence-corrected chi connectivity index (χ4v) is 2.67. The Morgan fingerprint density at radius 1 is 0.625 bits per heavy atom. The summed E-state index contributed by atoms with van der Waals surface area (Å²) in [5, 5.41) is 0.